The maximum Gasteiger partial charge on any atom is 0.239 e. The number of hydrazine groups is 3. The fourth-order valence-corrected chi connectivity index (χ4v) is 5.93. The van der Waals surface area contributed by atoms with Crippen molar-refractivity contribution in [1.82, 2.24) is 21.9 Å². The Labute approximate surface area is 157 Å². The van der Waals surface area contributed by atoms with E-state index in [1.54, 1.807) is 6.07 Å². The third-order valence-corrected chi connectivity index (χ3v) is 7.20. The molecule has 0 radical (unpaired) electrons. The standard InChI is InChI=1S/C13H23N7O5S2/c14-3-8-26(21,22)10-2-1-9(20-4-6-25-7-5-20)11(12(10)27(15,23)24)13-16-18-19-17-13/h1-2,13,16-19H,3-8,14H2,(H2,15,23,24). The second-order valence-corrected chi connectivity index (χ2v) is 9.63. The summed E-state index contributed by atoms with van der Waals surface area (Å²) in [6, 6.07) is 2.86. The Morgan fingerprint density at radius 3 is 2.30 bits per heavy atom. The number of sulfonamides is 1. The van der Waals surface area contributed by atoms with Gasteiger partial charge >= 0.3 is 0 Å². The number of anilines is 1. The molecule has 14 heteroatoms. The molecule has 2 fully saturated rings. The molecule has 12 nitrogen and oxygen atoms in total. The number of ether oxygens (including phenoxy) is 1. The van der Waals surface area contributed by atoms with Gasteiger partial charge in [0.05, 0.1) is 23.9 Å². The lowest BCUT2D eigenvalue weighted by Crippen LogP contribution is -2.39. The van der Waals surface area contributed by atoms with E-state index in [0.29, 0.717) is 32.0 Å². The number of morpholine rings is 1. The number of primary sulfonamides is 1. The summed E-state index contributed by atoms with van der Waals surface area (Å²) in [4.78, 5) is 1.11. The zero-order valence-corrected chi connectivity index (χ0v) is 16.1. The molecule has 0 atom stereocenters. The number of benzene rings is 1. The number of sulfone groups is 1. The maximum absolute atomic E-state index is 12.6. The summed E-state index contributed by atoms with van der Waals surface area (Å²) in [7, 11) is -8.33. The van der Waals surface area contributed by atoms with Gasteiger partial charge in [-0.05, 0) is 12.1 Å². The Hall–Kier alpha value is -1.36. The molecule has 1 aromatic carbocycles. The van der Waals surface area contributed by atoms with Crippen LogP contribution in [-0.2, 0) is 24.6 Å². The lowest BCUT2D eigenvalue weighted by molar-refractivity contribution is 0.122. The van der Waals surface area contributed by atoms with Crippen molar-refractivity contribution in [2.75, 3.05) is 43.5 Å². The molecule has 152 valence electrons. The maximum atomic E-state index is 12.6. The highest BCUT2D eigenvalue weighted by Gasteiger charge is 2.35. The third-order valence-electron chi connectivity index (χ3n) is 4.28. The molecule has 3 rings (SSSR count). The summed E-state index contributed by atoms with van der Waals surface area (Å²) in [5.74, 6) is -0.395. The van der Waals surface area contributed by atoms with Crippen LogP contribution in [0.15, 0.2) is 21.9 Å². The lowest BCUT2D eigenvalue weighted by Gasteiger charge is -2.33. The van der Waals surface area contributed by atoms with E-state index < -0.39 is 36.7 Å². The van der Waals surface area contributed by atoms with Crippen LogP contribution in [-0.4, -0.2) is 55.4 Å². The van der Waals surface area contributed by atoms with Crippen molar-refractivity contribution in [2.45, 2.75) is 16.0 Å². The molecule has 0 saturated carbocycles. The fraction of sp³-hybridized carbons (Fsp3) is 0.538. The Bertz CT molecular complexity index is 894. The molecule has 2 saturated heterocycles. The van der Waals surface area contributed by atoms with Crippen LogP contribution in [0.2, 0.25) is 0 Å². The molecule has 2 heterocycles. The average molecular weight is 422 g/mol. The molecule has 0 aliphatic carbocycles. The first-order chi connectivity index (χ1) is 12.8. The second kappa shape index (κ2) is 7.94. The van der Waals surface area contributed by atoms with Gasteiger partial charge in [-0.2, -0.15) is 11.1 Å². The highest BCUT2D eigenvalue weighted by atomic mass is 32.2. The number of rotatable bonds is 6. The van der Waals surface area contributed by atoms with Crippen LogP contribution >= 0.6 is 0 Å². The van der Waals surface area contributed by atoms with Crippen molar-refractivity contribution in [3.8, 4) is 0 Å². The lowest BCUT2D eigenvalue weighted by atomic mass is 10.1. The van der Waals surface area contributed by atoms with Gasteiger partial charge in [0, 0.05) is 30.9 Å². The third kappa shape index (κ3) is 4.23. The van der Waals surface area contributed by atoms with Crippen LogP contribution in [0.25, 0.3) is 0 Å². The zero-order valence-electron chi connectivity index (χ0n) is 14.4. The first-order valence-electron chi connectivity index (χ1n) is 8.22. The van der Waals surface area contributed by atoms with Gasteiger partial charge in [0.15, 0.2) is 9.84 Å². The largest absolute Gasteiger partial charge is 0.378 e. The minimum atomic E-state index is -4.38. The number of nitrogens with one attached hydrogen (secondary N) is 4. The summed E-state index contributed by atoms with van der Waals surface area (Å²) in [6.07, 6.45) is -0.746. The van der Waals surface area contributed by atoms with Gasteiger partial charge in [-0.1, -0.05) is 0 Å². The van der Waals surface area contributed by atoms with E-state index in [1.807, 2.05) is 4.90 Å². The highest BCUT2D eigenvalue weighted by molar-refractivity contribution is 7.93. The molecule has 2 aliphatic rings. The summed E-state index contributed by atoms with van der Waals surface area (Å²) in [5, 5.41) is 5.45. The normalized spacial score (nSPS) is 19.6. The Morgan fingerprint density at radius 1 is 1.11 bits per heavy atom. The van der Waals surface area contributed by atoms with Crippen molar-refractivity contribution in [3.63, 3.8) is 0 Å². The fourth-order valence-electron chi connectivity index (χ4n) is 3.13. The molecule has 0 aromatic heterocycles. The van der Waals surface area contributed by atoms with E-state index in [4.69, 9.17) is 15.6 Å². The van der Waals surface area contributed by atoms with E-state index in [0.717, 1.165) is 0 Å². The monoisotopic (exact) mass is 421 g/mol. The molecular formula is C13H23N7O5S2. The molecule has 8 N–H and O–H groups in total. The van der Waals surface area contributed by atoms with Crippen LogP contribution in [0.1, 0.15) is 11.7 Å². The van der Waals surface area contributed by atoms with Crippen molar-refractivity contribution in [3.05, 3.63) is 17.7 Å². The number of nitrogens with two attached hydrogens (primary N) is 2. The molecule has 27 heavy (non-hydrogen) atoms. The van der Waals surface area contributed by atoms with Gasteiger partial charge in [-0.15, -0.1) is 0 Å². The Morgan fingerprint density at radius 2 is 1.74 bits per heavy atom. The first kappa shape index (κ1) is 20.4. The molecule has 0 unspecified atom stereocenters. The van der Waals surface area contributed by atoms with E-state index in [2.05, 4.69) is 21.9 Å². The predicted octanol–water partition coefficient (Wildman–Crippen LogP) is -2.98. The minimum Gasteiger partial charge on any atom is -0.378 e. The van der Waals surface area contributed by atoms with Crippen LogP contribution in [0.3, 0.4) is 0 Å². The van der Waals surface area contributed by atoms with Crippen molar-refractivity contribution in [2.24, 2.45) is 10.9 Å². The van der Waals surface area contributed by atoms with E-state index in [1.165, 1.54) is 6.07 Å². The minimum absolute atomic E-state index is 0.143. The van der Waals surface area contributed by atoms with E-state index in [9.17, 15) is 16.8 Å². The highest BCUT2D eigenvalue weighted by Crippen LogP contribution is 2.36. The summed E-state index contributed by atoms with van der Waals surface area (Å²) in [5.41, 5.74) is 17.0. The molecule has 0 spiro atoms. The van der Waals surface area contributed by atoms with Gasteiger partial charge in [0.2, 0.25) is 10.0 Å². The van der Waals surface area contributed by atoms with Crippen LogP contribution in [0.5, 0.6) is 0 Å². The Balaban J connectivity index is 2.28. The van der Waals surface area contributed by atoms with Gasteiger partial charge in [-0.25, -0.2) is 32.8 Å². The van der Waals surface area contributed by atoms with Crippen LogP contribution in [0.4, 0.5) is 5.69 Å². The first-order valence-corrected chi connectivity index (χ1v) is 11.4. The zero-order chi connectivity index (χ0) is 19.7. The van der Waals surface area contributed by atoms with Crippen molar-refractivity contribution < 1.29 is 21.6 Å². The quantitative estimate of drug-likeness (QED) is 0.276. The van der Waals surface area contributed by atoms with Gasteiger partial charge in [-0.3, -0.25) is 0 Å². The average Bonchev–Trinajstić information content (AvgIpc) is 3.15. The van der Waals surface area contributed by atoms with Gasteiger partial charge in [0.1, 0.15) is 11.1 Å². The predicted molar refractivity (Wildman–Crippen MR) is 97.2 cm³/mol. The topological polar surface area (TPSA) is 181 Å². The van der Waals surface area contributed by atoms with E-state index >= 15 is 0 Å². The van der Waals surface area contributed by atoms with E-state index in [-0.39, 0.29) is 17.0 Å². The van der Waals surface area contributed by atoms with Crippen LogP contribution < -0.4 is 37.7 Å². The van der Waals surface area contributed by atoms with Gasteiger partial charge < -0.3 is 15.4 Å². The number of hydrogen-bond donors (Lipinski definition) is 6. The van der Waals surface area contributed by atoms with Crippen molar-refractivity contribution >= 4 is 25.5 Å². The summed E-state index contributed by atoms with van der Waals surface area (Å²) >= 11 is 0. The molecule has 2 aliphatic heterocycles. The molecule has 1 aromatic rings. The second-order valence-electron chi connectivity index (χ2n) is 6.05. The van der Waals surface area contributed by atoms with Gasteiger partial charge in [0.25, 0.3) is 0 Å². The summed E-state index contributed by atoms with van der Waals surface area (Å²) in [6.45, 7) is 1.85. The molecule has 0 bridgehead atoms. The molecule has 0 amide bonds. The van der Waals surface area contributed by atoms with Crippen molar-refractivity contribution in [1.29, 1.82) is 0 Å². The number of nitrogens with zero attached hydrogens (tertiary/aromatic N) is 1. The number of hydrogen-bond acceptors (Lipinski definition) is 11. The Kier molecular flexibility index (Phi) is 5.99. The molecular weight excluding hydrogens is 398 g/mol. The summed E-state index contributed by atoms with van der Waals surface area (Å²) < 4.78 is 55.6. The SMILES string of the molecule is NCCS(=O)(=O)c1ccc(N2CCOCC2)c(C2NNNN2)c1S(N)(=O)=O. The smallest absolute Gasteiger partial charge is 0.239 e. The van der Waals surface area contributed by atoms with Crippen LogP contribution in [0, 0.1) is 0 Å².